The summed E-state index contributed by atoms with van der Waals surface area (Å²) in [7, 11) is 4.06. The van der Waals surface area contributed by atoms with Crippen LogP contribution in [0, 0.1) is 6.92 Å². The number of halogens is 1. The van der Waals surface area contributed by atoms with Gasteiger partial charge in [0.25, 0.3) is 0 Å². The smallest absolute Gasteiger partial charge is 0.195 e. The number of aromatic nitrogens is 2. The minimum Gasteiger partial charge on any atom is -1.00 e. The van der Waals surface area contributed by atoms with Crippen LogP contribution in [0.1, 0.15) is 5.69 Å². The van der Waals surface area contributed by atoms with Gasteiger partial charge in [0.05, 0.1) is 12.7 Å². The molecule has 0 saturated heterocycles. The van der Waals surface area contributed by atoms with E-state index in [1.807, 2.05) is 25.0 Å². The Kier molecular flexibility index (Phi) is 3.17. The number of aryl methyl sites for hydroxylation is 2. The van der Waals surface area contributed by atoms with Gasteiger partial charge in [-0.25, -0.2) is 0 Å². The van der Waals surface area contributed by atoms with E-state index in [2.05, 4.69) is 17.7 Å². The molecule has 9 heavy (non-hydrogen) atoms. The van der Waals surface area contributed by atoms with Gasteiger partial charge < -0.3 is 24.0 Å². The molecule has 0 aliphatic carbocycles. The quantitative estimate of drug-likeness (QED) is 0.340. The minimum atomic E-state index is 0. The van der Waals surface area contributed by atoms with Crippen LogP contribution in [-0.4, -0.2) is 4.68 Å². The Labute approximate surface area is 72.5 Å². The van der Waals surface area contributed by atoms with Gasteiger partial charge in [-0.3, -0.25) is 0 Å². The number of rotatable bonds is 0. The fraction of sp³-hybridized carbons (Fsp3) is 0.500. The van der Waals surface area contributed by atoms with Gasteiger partial charge >= 0.3 is 0 Å². The first-order valence-electron chi connectivity index (χ1n) is 2.70. The Hall–Kier alpha value is -0.0600. The van der Waals surface area contributed by atoms with Crippen LogP contribution in [-0.2, 0) is 14.1 Å². The van der Waals surface area contributed by atoms with Crippen LogP contribution in [0.15, 0.2) is 12.3 Å². The van der Waals surface area contributed by atoms with Gasteiger partial charge in [0.1, 0.15) is 0 Å². The molecule has 2 nitrogen and oxygen atoms in total. The molecule has 1 aromatic rings. The van der Waals surface area contributed by atoms with Gasteiger partial charge in [-0.1, -0.05) is 0 Å². The first kappa shape index (κ1) is 8.94. The van der Waals surface area contributed by atoms with E-state index in [0.717, 1.165) is 0 Å². The molecule has 3 heteroatoms. The Morgan fingerprint density at radius 1 is 1.56 bits per heavy atom. The topological polar surface area (TPSA) is 8.81 Å². The lowest BCUT2D eigenvalue weighted by Gasteiger charge is -1.88. The van der Waals surface area contributed by atoms with Crippen LogP contribution in [0.25, 0.3) is 0 Å². The zero-order chi connectivity index (χ0) is 6.15. The zero-order valence-electron chi connectivity index (χ0n) is 5.93. The van der Waals surface area contributed by atoms with Crippen LogP contribution in [0.5, 0.6) is 0 Å². The molecule has 0 aliphatic rings. The van der Waals surface area contributed by atoms with Gasteiger partial charge in [0.2, 0.25) is 0 Å². The summed E-state index contributed by atoms with van der Waals surface area (Å²) in [5, 5.41) is 0. The molecule has 1 rings (SSSR count). The van der Waals surface area contributed by atoms with Crippen molar-refractivity contribution in [2.45, 2.75) is 6.92 Å². The van der Waals surface area contributed by atoms with E-state index in [-0.39, 0.29) is 24.0 Å². The maximum Gasteiger partial charge on any atom is 0.195 e. The second-order valence-corrected chi connectivity index (χ2v) is 2.05. The second kappa shape index (κ2) is 3.20. The average molecular weight is 238 g/mol. The monoisotopic (exact) mass is 238 g/mol. The van der Waals surface area contributed by atoms with E-state index in [4.69, 9.17) is 0 Å². The Bertz CT molecular complexity index is 173. The van der Waals surface area contributed by atoms with Crippen LogP contribution < -0.4 is 28.7 Å². The SMILES string of the molecule is Cc1cc[n+](C)n1C.[I-]. The lowest BCUT2D eigenvalue weighted by Crippen LogP contribution is -3.00. The molecule has 0 amide bonds. The van der Waals surface area contributed by atoms with Crippen LogP contribution in [0.4, 0.5) is 0 Å². The molecule has 0 radical (unpaired) electrons. The fourth-order valence-electron chi connectivity index (χ4n) is 0.672. The summed E-state index contributed by atoms with van der Waals surface area (Å²) in [6.07, 6.45) is 2.04. The van der Waals surface area contributed by atoms with Crippen LogP contribution in [0.2, 0.25) is 0 Å². The molecule has 52 valence electrons. The molecule has 1 aromatic heterocycles. The van der Waals surface area contributed by atoms with Gasteiger partial charge in [-0.2, -0.15) is 4.68 Å². The molecule has 0 aliphatic heterocycles. The zero-order valence-corrected chi connectivity index (χ0v) is 8.08. The number of hydrogen-bond acceptors (Lipinski definition) is 0. The van der Waals surface area contributed by atoms with Crippen molar-refractivity contribution in [1.29, 1.82) is 0 Å². The molecule has 0 atom stereocenters. The Balaban J connectivity index is 0.000000640. The summed E-state index contributed by atoms with van der Waals surface area (Å²) in [6, 6.07) is 2.08. The van der Waals surface area contributed by atoms with Crippen molar-refractivity contribution in [2.24, 2.45) is 14.1 Å². The maximum absolute atomic E-state index is 2.08. The summed E-state index contributed by atoms with van der Waals surface area (Å²) < 4.78 is 4.12. The molecular formula is C6H11IN2. The average Bonchev–Trinajstić information content (AvgIpc) is 1.98. The predicted molar refractivity (Wildman–Crippen MR) is 31.3 cm³/mol. The minimum absolute atomic E-state index is 0. The van der Waals surface area contributed by atoms with Crippen molar-refractivity contribution in [3.8, 4) is 0 Å². The third-order valence-corrected chi connectivity index (χ3v) is 1.52. The molecule has 0 aromatic carbocycles. The molecular weight excluding hydrogens is 227 g/mol. The summed E-state index contributed by atoms with van der Waals surface area (Å²) in [6.45, 7) is 2.08. The predicted octanol–water partition coefficient (Wildman–Crippen LogP) is -2.84. The number of nitrogens with zero attached hydrogens (tertiary/aromatic N) is 2. The van der Waals surface area contributed by atoms with Gasteiger partial charge in [-0.05, 0) is 6.92 Å². The first-order chi connectivity index (χ1) is 3.72. The highest BCUT2D eigenvalue weighted by molar-refractivity contribution is 4.91. The van der Waals surface area contributed by atoms with Crippen molar-refractivity contribution in [3.05, 3.63) is 18.0 Å². The molecule has 1 heterocycles. The molecule has 0 saturated carbocycles. The van der Waals surface area contributed by atoms with E-state index in [0.29, 0.717) is 0 Å². The molecule has 0 unspecified atom stereocenters. The third-order valence-electron chi connectivity index (χ3n) is 1.52. The third kappa shape index (κ3) is 1.67. The van der Waals surface area contributed by atoms with E-state index in [1.165, 1.54) is 5.69 Å². The van der Waals surface area contributed by atoms with Crippen molar-refractivity contribution >= 4 is 0 Å². The summed E-state index contributed by atoms with van der Waals surface area (Å²) in [4.78, 5) is 0. The normalized spacial score (nSPS) is 8.78. The van der Waals surface area contributed by atoms with E-state index >= 15 is 0 Å². The Morgan fingerprint density at radius 2 is 2.11 bits per heavy atom. The van der Waals surface area contributed by atoms with E-state index < -0.39 is 0 Å². The van der Waals surface area contributed by atoms with Gasteiger partial charge in [-0.15, -0.1) is 4.68 Å². The summed E-state index contributed by atoms with van der Waals surface area (Å²) in [5.41, 5.74) is 1.28. The van der Waals surface area contributed by atoms with E-state index in [9.17, 15) is 0 Å². The van der Waals surface area contributed by atoms with Gasteiger partial charge in [0, 0.05) is 6.07 Å². The number of hydrogen-bond donors (Lipinski definition) is 0. The van der Waals surface area contributed by atoms with Crippen LogP contribution >= 0.6 is 0 Å². The molecule has 0 N–H and O–H groups in total. The lowest BCUT2D eigenvalue weighted by molar-refractivity contribution is -0.751. The highest BCUT2D eigenvalue weighted by atomic mass is 127. The molecule has 0 bridgehead atoms. The lowest BCUT2D eigenvalue weighted by atomic mass is 10.5. The molecule has 0 fully saturated rings. The largest absolute Gasteiger partial charge is 1.00 e. The fourth-order valence-corrected chi connectivity index (χ4v) is 0.672. The summed E-state index contributed by atoms with van der Waals surface area (Å²) in [5.74, 6) is 0. The highest BCUT2D eigenvalue weighted by Crippen LogP contribution is 1.86. The van der Waals surface area contributed by atoms with E-state index in [1.54, 1.807) is 0 Å². The molecule has 0 spiro atoms. The second-order valence-electron chi connectivity index (χ2n) is 2.05. The maximum atomic E-state index is 2.08. The Morgan fingerprint density at radius 3 is 2.22 bits per heavy atom. The summed E-state index contributed by atoms with van der Waals surface area (Å²) >= 11 is 0. The standard InChI is InChI=1S/C6H11N2.HI/c1-6-4-5-7(2)8(6)3;/h4-5H,1-3H3;1H/q+1;/p-1. The van der Waals surface area contributed by atoms with Crippen molar-refractivity contribution in [1.82, 2.24) is 4.68 Å². The van der Waals surface area contributed by atoms with Crippen molar-refractivity contribution in [2.75, 3.05) is 0 Å². The van der Waals surface area contributed by atoms with Crippen molar-refractivity contribution < 1.29 is 28.7 Å². The van der Waals surface area contributed by atoms with Gasteiger partial charge in [0.15, 0.2) is 13.2 Å². The highest BCUT2D eigenvalue weighted by Gasteiger charge is 1.98. The van der Waals surface area contributed by atoms with Crippen LogP contribution in [0.3, 0.4) is 0 Å². The van der Waals surface area contributed by atoms with Crippen molar-refractivity contribution in [3.63, 3.8) is 0 Å². The first-order valence-corrected chi connectivity index (χ1v) is 2.70.